The summed E-state index contributed by atoms with van der Waals surface area (Å²) in [7, 11) is 0. The van der Waals surface area contributed by atoms with Crippen LogP contribution in [0.4, 0.5) is 0 Å². The second-order valence-electron chi connectivity index (χ2n) is 14.7. The van der Waals surface area contributed by atoms with Gasteiger partial charge in [-0.3, -0.25) is 0 Å². The molecule has 61 heavy (non-hydrogen) atoms. The van der Waals surface area contributed by atoms with E-state index in [0.717, 1.165) is 77.6 Å². The number of furan rings is 1. The molecule has 0 bridgehead atoms. The molecule has 286 valence electrons. The fraction of sp³-hybridized carbons (Fsp3) is 0. The molecular formula is C54H34N6O. The highest BCUT2D eigenvalue weighted by Crippen LogP contribution is 2.45. The highest BCUT2D eigenvalue weighted by molar-refractivity contribution is 6.17. The molecule has 11 rings (SSSR count). The van der Waals surface area contributed by atoms with Crippen molar-refractivity contribution in [1.29, 1.82) is 0 Å². The van der Waals surface area contributed by atoms with E-state index < -0.39 is 0 Å². The first-order valence-corrected chi connectivity index (χ1v) is 20.1. The maximum atomic E-state index is 6.84. The smallest absolute Gasteiger partial charge is 0.164 e. The Morgan fingerprint density at radius 1 is 0.262 bits per heavy atom. The number of rotatable bonds is 8. The van der Waals surface area contributed by atoms with Crippen LogP contribution in [0.2, 0.25) is 0 Å². The van der Waals surface area contributed by atoms with Crippen molar-refractivity contribution in [1.82, 2.24) is 29.9 Å². The van der Waals surface area contributed by atoms with Crippen LogP contribution in [0.1, 0.15) is 0 Å². The average molecular weight is 783 g/mol. The molecule has 8 aromatic carbocycles. The van der Waals surface area contributed by atoms with Crippen LogP contribution < -0.4 is 0 Å². The predicted molar refractivity (Wildman–Crippen MR) is 244 cm³/mol. The molecule has 3 aromatic heterocycles. The fourth-order valence-electron chi connectivity index (χ4n) is 7.87. The maximum Gasteiger partial charge on any atom is 0.164 e. The molecule has 0 spiro atoms. The quantitative estimate of drug-likeness (QED) is 0.152. The van der Waals surface area contributed by atoms with Gasteiger partial charge in [0.05, 0.1) is 0 Å². The molecule has 0 aliphatic rings. The lowest BCUT2D eigenvalue weighted by Gasteiger charge is -2.15. The zero-order chi connectivity index (χ0) is 40.5. The van der Waals surface area contributed by atoms with Gasteiger partial charge >= 0.3 is 0 Å². The maximum absolute atomic E-state index is 6.84. The van der Waals surface area contributed by atoms with Crippen LogP contribution in [0.5, 0.6) is 0 Å². The molecule has 0 aliphatic carbocycles. The molecule has 0 radical (unpaired) electrons. The molecule has 0 unspecified atom stereocenters. The van der Waals surface area contributed by atoms with Crippen LogP contribution >= 0.6 is 0 Å². The van der Waals surface area contributed by atoms with E-state index in [2.05, 4.69) is 66.7 Å². The third-order valence-corrected chi connectivity index (χ3v) is 10.8. The lowest BCUT2D eigenvalue weighted by Crippen LogP contribution is -2.03. The van der Waals surface area contributed by atoms with Crippen LogP contribution in [0.15, 0.2) is 211 Å². The summed E-state index contributed by atoms with van der Waals surface area (Å²) >= 11 is 0. The second-order valence-corrected chi connectivity index (χ2v) is 14.7. The highest BCUT2D eigenvalue weighted by atomic mass is 16.3. The number of fused-ring (bicyclic) bond motifs is 3. The van der Waals surface area contributed by atoms with Crippen molar-refractivity contribution in [2.75, 3.05) is 0 Å². The molecule has 0 N–H and O–H groups in total. The van der Waals surface area contributed by atoms with Gasteiger partial charge in [0.2, 0.25) is 0 Å². The van der Waals surface area contributed by atoms with E-state index in [1.165, 1.54) is 0 Å². The lowest BCUT2D eigenvalue weighted by molar-refractivity contribution is 0.670. The van der Waals surface area contributed by atoms with Crippen LogP contribution in [-0.4, -0.2) is 29.9 Å². The van der Waals surface area contributed by atoms with Gasteiger partial charge in [-0.25, -0.2) is 29.9 Å². The summed E-state index contributed by atoms with van der Waals surface area (Å²) in [6.07, 6.45) is 0. The van der Waals surface area contributed by atoms with E-state index in [-0.39, 0.29) is 0 Å². The molecule has 11 aromatic rings. The first-order valence-electron chi connectivity index (χ1n) is 20.1. The number of aromatic nitrogens is 6. The zero-order valence-electron chi connectivity index (χ0n) is 32.7. The minimum Gasteiger partial charge on any atom is -0.455 e. The van der Waals surface area contributed by atoms with Crippen LogP contribution in [0.25, 0.3) is 113 Å². The molecule has 7 nitrogen and oxygen atoms in total. The number of nitrogens with zero attached hydrogens (tertiary/aromatic N) is 6. The summed E-state index contributed by atoms with van der Waals surface area (Å²) < 4.78 is 6.84. The molecule has 0 saturated heterocycles. The Bertz CT molecular complexity index is 3220. The lowest BCUT2D eigenvalue weighted by atomic mass is 9.91. The van der Waals surface area contributed by atoms with Crippen LogP contribution in [0, 0.1) is 0 Å². The normalized spacial score (nSPS) is 11.3. The minimum absolute atomic E-state index is 0.501. The summed E-state index contributed by atoms with van der Waals surface area (Å²) in [5.74, 6) is 3.30. The van der Waals surface area contributed by atoms with Crippen molar-refractivity contribution in [2.24, 2.45) is 0 Å². The molecular weight excluding hydrogens is 749 g/mol. The molecule has 0 aliphatic heterocycles. The van der Waals surface area contributed by atoms with Crippen molar-refractivity contribution in [2.45, 2.75) is 0 Å². The Hall–Kier alpha value is -8.42. The third-order valence-electron chi connectivity index (χ3n) is 10.8. The molecule has 0 atom stereocenters. The summed E-state index contributed by atoms with van der Waals surface area (Å²) in [6, 6.07) is 69.3. The van der Waals surface area contributed by atoms with E-state index in [1.54, 1.807) is 0 Å². The van der Waals surface area contributed by atoms with Gasteiger partial charge in [0.15, 0.2) is 34.9 Å². The SMILES string of the molecule is c1ccc(-c2nc(-c3ccccc3)nc(-c3ccc(-c4ccc(-c5ccccc5)c5c4oc4ccccc45)c(-c4nc(-c5ccccc5)nc(-c5ccccc5)n4)c3)n2)cc1. The molecule has 0 fully saturated rings. The first-order chi connectivity index (χ1) is 30.2. The summed E-state index contributed by atoms with van der Waals surface area (Å²) in [5, 5.41) is 2.08. The molecule has 0 amide bonds. The van der Waals surface area contributed by atoms with Gasteiger partial charge in [-0.2, -0.15) is 0 Å². The van der Waals surface area contributed by atoms with E-state index in [1.807, 2.05) is 140 Å². The van der Waals surface area contributed by atoms with Crippen molar-refractivity contribution < 1.29 is 4.42 Å². The summed E-state index contributed by atoms with van der Waals surface area (Å²) in [4.78, 5) is 30.6. The van der Waals surface area contributed by atoms with Crippen molar-refractivity contribution in [3.63, 3.8) is 0 Å². The monoisotopic (exact) mass is 782 g/mol. The van der Waals surface area contributed by atoms with Crippen LogP contribution in [0.3, 0.4) is 0 Å². The van der Waals surface area contributed by atoms with Gasteiger partial charge in [-0.15, -0.1) is 0 Å². The number of hydrogen-bond acceptors (Lipinski definition) is 7. The number of para-hydroxylation sites is 1. The molecule has 3 heterocycles. The Morgan fingerprint density at radius 3 is 1.13 bits per heavy atom. The van der Waals surface area contributed by atoms with Crippen molar-refractivity contribution >= 4 is 21.9 Å². The number of benzene rings is 8. The van der Waals surface area contributed by atoms with Gasteiger partial charge in [-0.1, -0.05) is 188 Å². The van der Waals surface area contributed by atoms with E-state index in [0.29, 0.717) is 34.9 Å². The van der Waals surface area contributed by atoms with E-state index in [4.69, 9.17) is 34.3 Å². The topological polar surface area (TPSA) is 90.5 Å². The largest absolute Gasteiger partial charge is 0.455 e. The third kappa shape index (κ3) is 6.80. The van der Waals surface area contributed by atoms with Gasteiger partial charge in [0, 0.05) is 49.7 Å². The zero-order valence-corrected chi connectivity index (χ0v) is 32.7. The molecule has 0 saturated carbocycles. The standard InChI is InChI=1S/C54H34N6O/c1-6-18-35(19-7-1)41-32-33-43(48-47(41)44-28-16-17-29-46(44)61-48)42-31-30-40(53-57-49(36-20-8-2-9-21-36)55-50(58-53)37-22-10-3-11-23-37)34-45(42)54-59-51(38-24-12-4-13-25-38)56-52(60-54)39-26-14-5-15-27-39/h1-34H. The predicted octanol–water partition coefficient (Wildman–Crippen LogP) is 13.3. The van der Waals surface area contributed by atoms with Crippen molar-refractivity contribution in [3.8, 4) is 90.6 Å². The van der Waals surface area contributed by atoms with Gasteiger partial charge in [0.1, 0.15) is 11.2 Å². The Morgan fingerprint density at radius 2 is 0.639 bits per heavy atom. The van der Waals surface area contributed by atoms with Crippen LogP contribution in [-0.2, 0) is 0 Å². The summed E-state index contributed by atoms with van der Waals surface area (Å²) in [5.41, 5.74) is 10.7. The summed E-state index contributed by atoms with van der Waals surface area (Å²) in [6.45, 7) is 0. The molecule has 7 heteroatoms. The van der Waals surface area contributed by atoms with E-state index >= 15 is 0 Å². The van der Waals surface area contributed by atoms with Gasteiger partial charge in [0.25, 0.3) is 0 Å². The van der Waals surface area contributed by atoms with Gasteiger partial charge in [-0.05, 0) is 34.9 Å². The number of hydrogen-bond donors (Lipinski definition) is 0. The second kappa shape index (κ2) is 15.4. The van der Waals surface area contributed by atoms with E-state index in [9.17, 15) is 0 Å². The Labute approximate surface area is 351 Å². The average Bonchev–Trinajstić information content (AvgIpc) is 3.75. The van der Waals surface area contributed by atoms with Crippen molar-refractivity contribution in [3.05, 3.63) is 206 Å². The fourth-order valence-corrected chi connectivity index (χ4v) is 7.87. The highest BCUT2D eigenvalue weighted by Gasteiger charge is 2.23. The first kappa shape index (κ1) is 35.7. The Kier molecular flexibility index (Phi) is 9.02. The Balaban J connectivity index is 1.20. The van der Waals surface area contributed by atoms with Gasteiger partial charge < -0.3 is 4.42 Å². The minimum atomic E-state index is 0.501.